The maximum atomic E-state index is 12.0. The van der Waals surface area contributed by atoms with Gasteiger partial charge < -0.3 is 11.1 Å². The first-order valence-electron chi connectivity index (χ1n) is 8.05. The van der Waals surface area contributed by atoms with E-state index in [0.717, 1.165) is 12.8 Å². The number of carbonyl (C=O) groups excluding carboxylic acids is 3. The molecule has 0 radical (unpaired) electrons. The third kappa shape index (κ3) is 3.02. The van der Waals surface area contributed by atoms with Crippen LogP contribution in [0.1, 0.15) is 55.3 Å². The molecule has 1 aromatic heterocycles. The molecule has 0 spiro atoms. The summed E-state index contributed by atoms with van der Waals surface area (Å²) < 4.78 is 1.55. The highest BCUT2D eigenvalue weighted by Crippen LogP contribution is 2.37. The predicted molar refractivity (Wildman–Crippen MR) is 83.8 cm³/mol. The molecule has 24 heavy (non-hydrogen) atoms. The highest BCUT2D eigenvalue weighted by Gasteiger charge is 2.39. The number of nitriles is 1. The van der Waals surface area contributed by atoms with E-state index in [4.69, 9.17) is 5.73 Å². The first-order chi connectivity index (χ1) is 11.4. The number of rotatable bonds is 5. The molecule has 126 valence electrons. The normalized spacial score (nSPS) is 19.5. The average molecular weight is 329 g/mol. The zero-order valence-electron chi connectivity index (χ0n) is 13.2. The number of aromatic nitrogens is 2. The van der Waals surface area contributed by atoms with E-state index < -0.39 is 11.4 Å². The van der Waals surface area contributed by atoms with Crippen molar-refractivity contribution in [2.24, 2.45) is 11.7 Å². The monoisotopic (exact) mass is 329 g/mol. The SMILES string of the molecule is N#CCC1(n2cc(C(N)=O)c(NC(=O)C3CC3)n2)CCC(=O)CC1. The molecular formula is C16H19N5O3. The summed E-state index contributed by atoms with van der Waals surface area (Å²) in [5.41, 5.74) is 4.88. The van der Waals surface area contributed by atoms with Gasteiger partial charge in [0, 0.05) is 25.0 Å². The minimum absolute atomic E-state index is 0.0313. The van der Waals surface area contributed by atoms with Crippen LogP contribution in [0.15, 0.2) is 6.20 Å². The molecule has 1 heterocycles. The maximum Gasteiger partial charge on any atom is 0.254 e. The van der Waals surface area contributed by atoms with Crippen LogP contribution in [0.2, 0.25) is 0 Å². The van der Waals surface area contributed by atoms with Crippen LogP contribution in [0.5, 0.6) is 0 Å². The quantitative estimate of drug-likeness (QED) is 0.834. The van der Waals surface area contributed by atoms with Crippen LogP contribution in [0.25, 0.3) is 0 Å². The van der Waals surface area contributed by atoms with Crippen molar-refractivity contribution in [2.75, 3.05) is 5.32 Å². The summed E-state index contributed by atoms with van der Waals surface area (Å²) in [5.74, 6) is -0.597. The van der Waals surface area contributed by atoms with Gasteiger partial charge in [-0.15, -0.1) is 0 Å². The minimum atomic E-state index is -0.689. The van der Waals surface area contributed by atoms with Gasteiger partial charge >= 0.3 is 0 Å². The second-order valence-corrected chi connectivity index (χ2v) is 6.56. The molecule has 8 heteroatoms. The lowest BCUT2D eigenvalue weighted by Crippen LogP contribution is -2.38. The third-order valence-corrected chi connectivity index (χ3v) is 4.80. The number of ketones is 1. The summed E-state index contributed by atoms with van der Waals surface area (Å²) >= 11 is 0. The molecule has 2 saturated carbocycles. The fourth-order valence-corrected chi connectivity index (χ4v) is 3.08. The van der Waals surface area contributed by atoms with Crippen LogP contribution >= 0.6 is 0 Å². The average Bonchev–Trinajstić information content (AvgIpc) is 3.31. The van der Waals surface area contributed by atoms with Gasteiger partial charge in [0.1, 0.15) is 11.3 Å². The number of hydrogen-bond acceptors (Lipinski definition) is 5. The molecule has 3 N–H and O–H groups in total. The Morgan fingerprint density at radius 3 is 2.62 bits per heavy atom. The maximum absolute atomic E-state index is 12.0. The first kappa shape index (κ1) is 16.2. The zero-order valence-corrected chi connectivity index (χ0v) is 13.2. The number of anilines is 1. The number of primary amides is 1. The second-order valence-electron chi connectivity index (χ2n) is 6.56. The third-order valence-electron chi connectivity index (χ3n) is 4.80. The van der Waals surface area contributed by atoms with Gasteiger partial charge in [-0.05, 0) is 25.7 Å². The summed E-state index contributed by atoms with van der Waals surface area (Å²) in [7, 11) is 0. The van der Waals surface area contributed by atoms with Crippen LogP contribution in [0, 0.1) is 17.2 Å². The lowest BCUT2D eigenvalue weighted by Gasteiger charge is -2.35. The summed E-state index contributed by atoms with van der Waals surface area (Å²) in [6.07, 6.45) is 5.03. The van der Waals surface area contributed by atoms with E-state index in [2.05, 4.69) is 16.5 Å². The van der Waals surface area contributed by atoms with Crippen LogP contribution in [-0.4, -0.2) is 27.4 Å². The van der Waals surface area contributed by atoms with Gasteiger partial charge in [0.2, 0.25) is 5.91 Å². The molecule has 2 aliphatic carbocycles. The standard InChI is InChI=1S/C16H19N5O3/c17-8-7-16(5-3-11(22)4-6-16)21-9-12(13(18)23)14(20-21)19-15(24)10-1-2-10/h9-10H,1-7H2,(H2,18,23)(H,19,20,24). The van der Waals surface area contributed by atoms with Crippen molar-refractivity contribution in [3.8, 4) is 6.07 Å². The highest BCUT2D eigenvalue weighted by molar-refractivity contribution is 6.02. The van der Waals surface area contributed by atoms with Gasteiger partial charge in [-0.25, -0.2) is 0 Å². The van der Waals surface area contributed by atoms with Gasteiger partial charge in [0.05, 0.1) is 18.0 Å². The molecule has 0 bridgehead atoms. The van der Waals surface area contributed by atoms with Crippen molar-refractivity contribution >= 4 is 23.4 Å². The topological polar surface area (TPSA) is 131 Å². The predicted octanol–water partition coefficient (Wildman–Crippen LogP) is 1.08. The van der Waals surface area contributed by atoms with Gasteiger partial charge in [0.15, 0.2) is 5.82 Å². The van der Waals surface area contributed by atoms with Crippen LogP contribution in [0.4, 0.5) is 5.82 Å². The lowest BCUT2D eigenvalue weighted by molar-refractivity contribution is -0.122. The van der Waals surface area contributed by atoms with Crippen molar-refractivity contribution in [1.82, 2.24) is 9.78 Å². The Kier molecular flexibility index (Phi) is 4.09. The Labute approximate surface area is 139 Å². The van der Waals surface area contributed by atoms with Gasteiger partial charge in [-0.2, -0.15) is 10.4 Å². The molecule has 0 unspecified atom stereocenters. The number of nitrogens with one attached hydrogen (secondary N) is 1. The Morgan fingerprint density at radius 1 is 1.42 bits per heavy atom. The number of carbonyl (C=O) groups is 3. The molecule has 1 aromatic rings. The summed E-state index contributed by atoms with van der Waals surface area (Å²) in [6, 6.07) is 2.14. The Balaban J connectivity index is 1.93. The fourth-order valence-electron chi connectivity index (χ4n) is 3.08. The smallest absolute Gasteiger partial charge is 0.254 e. The Hall–Kier alpha value is -2.69. The number of nitrogens with zero attached hydrogens (tertiary/aromatic N) is 3. The molecular weight excluding hydrogens is 310 g/mol. The van der Waals surface area contributed by atoms with Crippen molar-refractivity contribution in [1.29, 1.82) is 5.26 Å². The molecule has 2 amide bonds. The second kappa shape index (κ2) is 6.07. The Morgan fingerprint density at radius 2 is 2.08 bits per heavy atom. The Bertz CT molecular complexity index is 731. The van der Waals surface area contributed by atoms with E-state index in [1.54, 1.807) is 4.68 Å². The largest absolute Gasteiger partial charge is 0.365 e. The first-order valence-corrected chi connectivity index (χ1v) is 8.05. The summed E-state index contributed by atoms with van der Waals surface area (Å²) in [5, 5.41) is 16.2. The van der Waals surface area contributed by atoms with Crippen molar-refractivity contribution in [2.45, 2.75) is 50.5 Å². The lowest BCUT2D eigenvalue weighted by atomic mass is 9.79. The van der Waals surface area contributed by atoms with Crippen LogP contribution in [-0.2, 0) is 15.1 Å². The fraction of sp³-hybridized carbons (Fsp3) is 0.562. The van der Waals surface area contributed by atoms with E-state index in [1.807, 2.05) is 0 Å². The number of amides is 2. The van der Waals surface area contributed by atoms with Gasteiger partial charge in [-0.3, -0.25) is 19.1 Å². The molecule has 3 rings (SSSR count). The van der Waals surface area contributed by atoms with E-state index in [0.29, 0.717) is 25.7 Å². The van der Waals surface area contributed by atoms with Crippen LogP contribution < -0.4 is 11.1 Å². The molecule has 2 aliphatic rings. The number of nitrogens with two attached hydrogens (primary N) is 1. The van der Waals surface area contributed by atoms with Crippen molar-refractivity contribution < 1.29 is 14.4 Å². The van der Waals surface area contributed by atoms with E-state index in [9.17, 15) is 19.6 Å². The van der Waals surface area contributed by atoms with Crippen LogP contribution in [0.3, 0.4) is 0 Å². The molecule has 0 aromatic carbocycles. The summed E-state index contributed by atoms with van der Waals surface area (Å²) in [6.45, 7) is 0. The summed E-state index contributed by atoms with van der Waals surface area (Å²) in [4.78, 5) is 35.2. The highest BCUT2D eigenvalue weighted by atomic mass is 16.2. The zero-order chi connectivity index (χ0) is 17.3. The van der Waals surface area contributed by atoms with Gasteiger partial charge in [-0.1, -0.05) is 0 Å². The molecule has 0 atom stereocenters. The van der Waals surface area contributed by atoms with E-state index >= 15 is 0 Å². The number of hydrogen-bond donors (Lipinski definition) is 2. The number of Topliss-reactive ketones (excluding diaryl/α,β-unsaturated/α-hetero) is 1. The molecule has 0 saturated heterocycles. The molecule has 8 nitrogen and oxygen atoms in total. The van der Waals surface area contributed by atoms with E-state index in [1.165, 1.54) is 6.20 Å². The van der Waals surface area contributed by atoms with Crippen molar-refractivity contribution in [3.63, 3.8) is 0 Å². The molecule has 2 fully saturated rings. The van der Waals surface area contributed by atoms with Crippen molar-refractivity contribution in [3.05, 3.63) is 11.8 Å². The van der Waals surface area contributed by atoms with E-state index in [-0.39, 0.29) is 35.4 Å². The molecule has 0 aliphatic heterocycles. The minimum Gasteiger partial charge on any atom is -0.365 e. The van der Waals surface area contributed by atoms with Gasteiger partial charge in [0.25, 0.3) is 5.91 Å².